The Morgan fingerprint density at radius 2 is 1.36 bits per heavy atom. The molecule has 0 aliphatic heterocycles. The minimum atomic E-state index is -2.57. The molecule has 0 aromatic heterocycles. The first-order chi connectivity index (χ1) is 11.6. The Balaban J connectivity index is 3.30. The Hall–Kier alpha value is 0.0700. The third kappa shape index (κ3) is 20.2. The third-order valence-electron chi connectivity index (χ3n) is 4.08. The molecule has 0 saturated heterocycles. The van der Waals surface area contributed by atoms with Gasteiger partial charge in [-0.05, 0) is 49.9 Å². The van der Waals surface area contributed by atoms with Gasteiger partial charge in [-0.1, -0.05) is 40.5 Å². The summed E-state index contributed by atoms with van der Waals surface area (Å²) in [5.74, 6) is 0. The first-order valence-corrected chi connectivity index (χ1v) is 11.0. The van der Waals surface area contributed by atoms with Gasteiger partial charge in [0.2, 0.25) is 0 Å². The molecule has 0 spiro atoms. The molecule has 5 nitrogen and oxygen atoms in total. The van der Waals surface area contributed by atoms with Crippen LogP contribution in [0.5, 0.6) is 0 Å². The van der Waals surface area contributed by atoms with E-state index in [9.17, 15) is 4.57 Å². The topological polar surface area (TPSA) is 67.8 Å². The van der Waals surface area contributed by atoms with Crippen LogP contribution in [0.4, 0.5) is 0 Å². The number of nitrogens with one attached hydrogen (secondary N) is 1. The summed E-state index contributed by atoms with van der Waals surface area (Å²) in [7, 11) is -2.57. The van der Waals surface area contributed by atoms with Crippen LogP contribution in [0.2, 0.25) is 0 Å². The minimum absolute atomic E-state index is 0.0416. The lowest BCUT2D eigenvalue weighted by molar-refractivity contribution is 0.0782. The quantitative estimate of drug-likeness (QED) is 0.286. The first-order valence-electron chi connectivity index (χ1n) is 9.60. The molecule has 0 bridgehead atoms. The molecule has 151 valence electrons. The van der Waals surface area contributed by atoms with Gasteiger partial charge in [-0.15, -0.1) is 0 Å². The zero-order chi connectivity index (χ0) is 19.2. The van der Waals surface area contributed by atoms with Crippen LogP contribution in [-0.4, -0.2) is 37.9 Å². The molecule has 1 unspecified atom stereocenters. The lowest BCUT2D eigenvalue weighted by atomic mass is 9.87. The number of ether oxygens (including phenoxy) is 2. The van der Waals surface area contributed by atoms with Crippen molar-refractivity contribution in [3.05, 3.63) is 6.92 Å². The molecule has 6 heteroatoms. The summed E-state index contributed by atoms with van der Waals surface area (Å²) >= 11 is 0. The van der Waals surface area contributed by atoms with Gasteiger partial charge in [0.15, 0.2) is 0 Å². The van der Waals surface area contributed by atoms with Crippen LogP contribution in [0.15, 0.2) is 0 Å². The van der Waals surface area contributed by atoms with Gasteiger partial charge in [-0.25, -0.2) is 5.09 Å². The zero-order valence-electron chi connectivity index (χ0n) is 16.9. The average Bonchev–Trinajstić information content (AvgIpc) is 2.49. The fourth-order valence-corrected chi connectivity index (χ4v) is 3.12. The van der Waals surface area contributed by atoms with Gasteiger partial charge in [-0.3, -0.25) is 4.57 Å². The number of rotatable bonds is 17. The summed E-state index contributed by atoms with van der Waals surface area (Å²) in [5.41, 5.74) is 0.220. The van der Waals surface area contributed by atoms with E-state index in [-0.39, 0.29) is 10.8 Å². The third-order valence-corrected chi connectivity index (χ3v) is 4.56. The highest BCUT2D eigenvalue weighted by molar-refractivity contribution is 7.35. The van der Waals surface area contributed by atoms with E-state index in [0.29, 0.717) is 6.54 Å². The molecule has 0 aliphatic rings. The van der Waals surface area contributed by atoms with Gasteiger partial charge in [0.25, 0.3) is 8.18 Å². The van der Waals surface area contributed by atoms with Gasteiger partial charge in [0, 0.05) is 33.0 Å². The van der Waals surface area contributed by atoms with Crippen LogP contribution in [0.25, 0.3) is 0 Å². The summed E-state index contributed by atoms with van der Waals surface area (Å²) in [4.78, 5) is 8.82. The lowest BCUT2D eigenvalue weighted by Crippen LogP contribution is -2.25. The van der Waals surface area contributed by atoms with Crippen molar-refractivity contribution < 1.29 is 18.9 Å². The van der Waals surface area contributed by atoms with Crippen molar-refractivity contribution in [1.82, 2.24) is 5.09 Å². The van der Waals surface area contributed by atoms with Gasteiger partial charge >= 0.3 is 0 Å². The van der Waals surface area contributed by atoms with Crippen molar-refractivity contribution in [2.45, 2.75) is 72.6 Å². The fourth-order valence-electron chi connectivity index (χ4n) is 2.49. The van der Waals surface area contributed by atoms with Crippen molar-refractivity contribution in [2.24, 2.45) is 10.8 Å². The summed E-state index contributed by atoms with van der Waals surface area (Å²) in [5, 5.41) is 2.64. The highest BCUT2D eigenvalue weighted by atomic mass is 31.1. The van der Waals surface area contributed by atoms with Crippen molar-refractivity contribution in [2.75, 3.05) is 33.0 Å². The summed E-state index contributed by atoms with van der Waals surface area (Å²) in [6, 6.07) is 0. The molecule has 0 heterocycles. The van der Waals surface area contributed by atoms with E-state index in [1.165, 1.54) is 6.42 Å². The maximum atomic E-state index is 10.7. The van der Waals surface area contributed by atoms with Crippen molar-refractivity contribution in [1.29, 1.82) is 0 Å². The standard InChI is InChI=1S/C19H41NO4P/c1-18(2,3)11-6-8-13-23-15-10-16-24-14-9-7-12-19(4,5)17-20-25(21)22/h25H,1,6-17H2,2-5H3,(H2,20,21,22). The van der Waals surface area contributed by atoms with Crippen LogP contribution in [-0.2, 0) is 14.0 Å². The molecular formula is C19H41NO4P. The van der Waals surface area contributed by atoms with Gasteiger partial charge in [0.05, 0.1) is 0 Å². The zero-order valence-corrected chi connectivity index (χ0v) is 17.9. The van der Waals surface area contributed by atoms with Crippen LogP contribution in [0.3, 0.4) is 0 Å². The van der Waals surface area contributed by atoms with Crippen LogP contribution in [0.1, 0.15) is 72.6 Å². The maximum absolute atomic E-state index is 10.7. The molecule has 2 N–H and O–H groups in total. The Morgan fingerprint density at radius 3 is 1.84 bits per heavy atom. The van der Waals surface area contributed by atoms with E-state index >= 15 is 0 Å². The SMILES string of the molecule is [CH2]C(C)(C)CCCCOCCCOCCCCC(C)(C)CN[PH](=O)O. The molecule has 0 rings (SSSR count). The summed E-state index contributed by atoms with van der Waals surface area (Å²) in [6.07, 6.45) is 7.49. The molecular weight excluding hydrogens is 337 g/mol. The van der Waals surface area contributed by atoms with E-state index in [2.05, 4.69) is 39.7 Å². The smallest absolute Gasteiger partial charge is 0.255 e. The highest BCUT2D eigenvalue weighted by Gasteiger charge is 2.17. The largest absolute Gasteiger partial charge is 0.381 e. The highest BCUT2D eigenvalue weighted by Crippen LogP contribution is 2.24. The predicted molar refractivity (Wildman–Crippen MR) is 106 cm³/mol. The molecule has 0 aromatic rings. The number of hydrogen-bond donors (Lipinski definition) is 2. The lowest BCUT2D eigenvalue weighted by Gasteiger charge is -2.24. The van der Waals surface area contributed by atoms with Gasteiger partial charge < -0.3 is 14.4 Å². The van der Waals surface area contributed by atoms with Gasteiger partial charge in [0.1, 0.15) is 0 Å². The maximum Gasteiger partial charge on any atom is 0.255 e. The Bertz CT molecular complexity index is 343. The van der Waals surface area contributed by atoms with E-state index in [4.69, 9.17) is 14.4 Å². The molecule has 1 radical (unpaired) electrons. The number of unbranched alkanes of at least 4 members (excludes halogenated alkanes) is 2. The average molecular weight is 379 g/mol. The van der Waals surface area contributed by atoms with E-state index in [1.54, 1.807) is 0 Å². The summed E-state index contributed by atoms with van der Waals surface area (Å²) < 4.78 is 21.9. The molecule has 0 amide bonds. The Morgan fingerprint density at radius 1 is 0.880 bits per heavy atom. The van der Waals surface area contributed by atoms with Gasteiger partial charge in [-0.2, -0.15) is 0 Å². The Labute approximate surface area is 156 Å². The minimum Gasteiger partial charge on any atom is -0.381 e. The van der Waals surface area contributed by atoms with Crippen molar-refractivity contribution in [3.8, 4) is 0 Å². The second-order valence-corrected chi connectivity index (χ2v) is 9.44. The van der Waals surface area contributed by atoms with Crippen LogP contribution >= 0.6 is 8.18 Å². The van der Waals surface area contributed by atoms with E-state index < -0.39 is 8.18 Å². The van der Waals surface area contributed by atoms with E-state index in [1.807, 2.05) is 0 Å². The van der Waals surface area contributed by atoms with Crippen molar-refractivity contribution in [3.63, 3.8) is 0 Å². The first kappa shape index (κ1) is 25.1. The second kappa shape index (κ2) is 14.2. The fraction of sp³-hybridized carbons (Fsp3) is 0.947. The van der Waals surface area contributed by atoms with Crippen LogP contribution < -0.4 is 5.09 Å². The monoisotopic (exact) mass is 378 g/mol. The molecule has 0 saturated carbocycles. The van der Waals surface area contributed by atoms with Crippen molar-refractivity contribution >= 4 is 8.18 Å². The molecule has 0 aliphatic carbocycles. The van der Waals surface area contributed by atoms with E-state index in [0.717, 1.165) is 65.0 Å². The normalized spacial score (nSPS) is 14.0. The second-order valence-electron chi connectivity index (χ2n) is 8.48. The molecule has 1 atom stereocenters. The Kier molecular flexibility index (Phi) is 14.2. The number of hydrogen-bond acceptors (Lipinski definition) is 3. The molecule has 0 fully saturated rings. The molecule has 25 heavy (non-hydrogen) atoms. The summed E-state index contributed by atoms with van der Waals surface area (Å²) in [6.45, 7) is 16.4. The predicted octanol–water partition coefficient (Wildman–Crippen LogP) is 4.61. The van der Waals surface area contributed by atoms with Crippen LogP contribution in [0, 0.1) is 17.8 Å². The molecule has 0 aromatic carbocycles.